The molecule has 1 amide bonds. The molecular weight excluding hydrogens is 392 g/mol. The average Bonchev–Trinajstić information content (AvgIpc) is 2.78. The van der Waals surface area contributed by atoms with Gasteiger partial charge in [0.1, 0.15) is 12.4 Å². The van der Waals surface area contributed by atoms with Crippen molar-refractivity contribution < 1.29 is 19.4 Å². The van der Waals surface area contributed by atoms with E-state index in [9.17, 15) is 9.90 Å². The molecule has 0 spiro atoms. The Bertz CT molecular complexity index is 868. The number of rotatable bonds is 6. The number of methoxy groups -OCH3 is 2. The minimum Gasteiger partial charge on any atom is -0.497 e. The van der Waals surface area contributed by atoms with Gasteiger partial charge < -0.3 is 19.5 Å². The van der Waals surface area contributed by atoms with E-state index in [1.54, 1.807) is 14.2 Å². The highest BCUT2D eigenvalue weighted by atomic mass is 16.5. The highest BCUT2D eigenvalue weighted by Gasteiger charge is 2.49. The lowest BCUT2D eigenvalue weighted by atomic mass is 9.74. The van der Waals surface area contributed by atoms with E-state index < -0.39 is 0 Å². The second-order valence-electron chi connectivity index (χ2n) is 8.41. The van der Waals surface area contributed by atoms with Gasteiger partial charge in [-0.3, -0.25) is 9.69 Å². The Morgan fingerprint density at radius 1 is 1.00 bits per heavy atom. The molecule has 6 nitrogen and oxygen atoms in total. The number of carbonyl (C=O) groups excluding carboxylic acids is 1. The second-order valence-corrected chi connectivity index (χ2v) is 8.41. The molecule has 2 aromatic rings. The zero-order valence-corrected chi connectivity index (χ0v) is 18.4. The minimum atomic E-state index is 0.0467. The summed E-state index contributed by atoms with van der Waals surface area (Å²) in [6, 6.07) is 17.0. The van der Waals surface area contributed by atoms with E-state index >= 15 is 0 Å². The normalized spacial score (nSPS) is 24.0. The average molecular weight is 425 g/mol. The fraction of sp³-hybridized carbons (Fsp3) is 0.480. The van der Waals surface area contributed by atoms with Gasteiger partial charge in [0.05, 0.1) is 13.7 Å². The molecule has 2 heterocycles. The number of benzene rings is 2. The number of hydrogen-bond donors (Lipinski definition) is 1. The van der Waals surface area contributed by atoms with Gasteiger partial charge in [0, 0.05) is 38.2 Å². The predicted octanol–water partition coefficient (Wildman–Crippen LogP) is 2.76. The summed E-state index contributed by atoms with van der Waals surface area (Å²) in [6.45, 7) is 2.69. The summed E-state index contributed by atoms with van der Waals surface area (Å²) in [5.74, 6) is 1.11. The lowest BCUT2D eigenvalue weighted by Crippen LogP contribution is -2.68. The third kappa shape index (κ3) is 4.47. The molecule has 4 rings (SSSR count). The molecule has 2 aromatic carbocycles. The van der Waals surface area contributed by atoms with Crippen molar-refractivity contribution >= 4 is 5.91 Å². The molecule has 0 radical (unpaired) electrons. The lowest BCUT2D eigenvalue weighted by molar-refractivity contribution is -0.140. The van der Waals surface area contributed by atoms with E-state index in [1.165, 1.54) is 5.56 Å². The lowest BCUT2D eigenvalue weighted by Gasteiger charge is -2.57. The number of aliphatic hydroxyl groups is 1. The van der Waals surface area contributed by atoms with Crippen molar-refractivity contribution in [1.82, 2.24) is 9.80 Å². The maximum atomic E-state index is 12.5. The van der Waals surface area contributed by atoms with Crippen molar-refractivity contribution in [3.8, 4) is 16.9 Å². The molecular formula is C25H32N2O4. The third-order valence-corrected chi connectivity index (χ3v) is 6.71. The van der Waals surface area contributed by atoms with Crippen LogP contribution in [0.25, 0.3) is 11.1 Å². The maximum Gasteiger partial charge on any atom is 0.248 e. The van der Waals surface area contributed by atoms with Crippen LogP contribution in [0.2, 0.25) is 0 Å². The summed E-state index contributed by atoms with van der Waals surface area (Å²) in [5, 5.41) is 10.1. The summed E-state index contributed by atoms with van der Waals surface area (Å²) in [4.78, 5) is 16.8. The van der Waals surface area contributed by atoms with Crippen LogP contribution in [0.1, 0.15) is 24.3 Å². The summed E-state index contributed by atoms with van der Waals surface area (Å²) in [7, 11) is 3.23. The first-order chi connectivity index (χ1) is 15.2. The molecule has 0 bridgehead atoms. The molecule has 2 aliphatic rings. The summed E-state index contributed by atoms with van der Waals surface area (Å²) >= 11 is 0. The van der Waals surface area contributed by atoms with Crippen LogP contribution in [0.4, 0.5) is 0 Å². The number of amides is 1. The fourth-order valence-electron chi connectivity index (χ4n) is 5.06. The van der Waals surface area contributed by atoms with Gasteiger partial charge in [-0.15, -0.1) is 0 Å². The van der Waals surface area contributed by atoms with Gasteiger partial charge in [-0.1, -0.05) is 36.4 Å². The molecule has 0 aromatic heterocycles. The van der Waals surface area contributed by atoms with Gasteiger partial charge in [0.25, 0.3) is 0 Å². The maximum absolute atomic E-state index is 12.5. The van der Waals surface area contributed by atoms with Gasteiger partial charge >= 0.3 is 0 Å². The van der Waals surface area contributed by atoms with E-state index in [1.807, 2.05) is 17.0 Å². The standard InChI is InChI=1S/C25H32N2O4/c1-30-17-24(29)26-13-3-4-14-27-22(15-26)25(23(27)16-28)20-7-5-18(6-8-20)19-9-11-21(31-2)12-10-19/h5-12,22-23,25,28H,3-4,13-17H2,1-2H3/t22-,23+,25-/m0/s1. The number of hydrogen-bond acceptors (Lipinski definition) is 5. The Hall–Kier alpha value is -2.41. The van der Waals surface area contributed by atoms with Crippen molar-refractivity contribution in [2.75, 3.05) is 47.1 Å². The van der Waals surface area contributed by atoms with E-state index in [4.69, 9.17) is 9.47 Å². The zero-order valence-electron chi connectivity index (χ0n) is 18.4. The van der Waals surface area contributed by atoms with Crippen LogP contribution >= 0.6 is 0 Å². The molecule has 0 saturated carbocycles. The first-order valence-electron chi connectivity index (χ1n) is 11.0. The molecule has 3 atom stereocenters. The first kappa shape index (κ1) is 21.8. The highest BCUT2D eigenvalue weighted by Crippen LogP contribution is 2.42. The predicted molar refractivity (Wildman–Crippen MR) is 120 cm³/mol. The van der Waals surface area contributed by atoms with Gasteiger partial charge in [0.15, 0.2) is 0 Å². The molecule has 2 aliphatic heterocycles. The smallest absolute Gasteiger partial charge is 0.248 e. The van der Waals surface area contributed by atoms with Gasteiger partial charge in [-0.2, -0.15) is 0 Å². The first-order valence-corrected chi connectivity index (χ1v) is 11.0. The number of fused-ring (bicyclic) bond motifs is 1. The van der Waals surface area contributed by atoms with Gasteiger partial charge in [0.2, 0.25) is 5.91 Å². The summed E-state index contributed by atoms with van der Waals surface area (Å²) < 4.78 is 10.3. The quantitative estimate of drug-likeness (QED) is 0.773. The Labute approximate surface area is 184 Å². The second kappa shape index (κ2) is 9.81. The number of ether oxygens (including phenoxy) is 2. The van der Waals surface area contributed by atoms with Crippen molar-refractivity contribution in [2.45, 2.75) is 30.8 Å². The van der Waals surface area contributed by atoms with E-state index in [2.05, 4.69) is 41.3 Å². The fourth-order valence-corrected chi connectivity index (χ4v) is 5.06. The zero-order chi connectivity index (χ0) is 21.8. The van der Waals surface area contributed by atoms with E-state index in [0.717, 1.165) is 42.8 Å². The topological polar surface area (TPSA) is 62.2 Å². The van der Waals surface area contributed by atoms with Crippen LogP contribution in [0.15, 0.2) is 48.5 Å². The van der Waals surface area contributed by atoms with Crippen molar-refractivity contribution in [2.24, 2.45) is 0 Å². The molecule has 166 valence electrons. The Morgan fingerprint density at radius 3 is 2.26 bits per heavy atom. The molecule has 0 unspecified atom stereocenters. The number of aliphatic hydroxyl groups excluding tert-OH is 1. The van der Waals surface area contributed by atoms with Crippen molar-refractivity contribution in [1.29, 1.82) is 0 Å². The Morgan fingerprint density at radius 2 is 1.65 bits per heavy atom. The summed E-state index contributed by atoms with van der Waals surface area (Å²) in [5.41, 5.74) is 3.51. The molecule has 31 heavy (non-hydrogen) atoms. The van der Waals surface area contributed by atoms with Crippen LogP contribution in [-0.4, -0.2) is 80.0 Å². The Kier molecular flexibility index (Phi) is 6.90. The minimum absolute atomic E-state index is 0.0467. The number of carbonyl (C=O) groups is 1. The van der Waals surface area contributed by atoms with E-state index in [-0.39, 0.29) is 37.1 Å². The third-order valence-electron chi connectivity index (χ3n) is 6.71. The SMILES string of the molecule is COCC(=O)N1CCCCN2[C@H](CO)[C@@H](c3ccc(-c4ccc(OC)cc4)cc3)[C@@H]2C1. The van der Waals surface area contributed by atoms with Crippen LogP contribution in [0.3, 0.4) is 0 Å². The van der Waals surface area contributed by atoms with E-state index in [0.29, 0.717) is 6.54 Å². The van der Waals surface area contributed by atoms with Crippen molar-refractivity contribution in [3.05, 3.63) is 54.1 Å². The van der Waals surface area contributed by atoms with Crippen LogP contribution in [-0.2, 0) is 9.53 Å². The van der Waals surface area contributed by atoms with Crippen LogP contribution in [0.5, 0.6) is 5.75 Å². The van der Waals surface area contributed by atoms with Crippen LogP contribution in [0, 0.1) is 0 Å². The largest absolute Gasteiger partial charge is 0.497 e. The Balaban J connectivity index is 1.54. The number of nitrogens with zero attached hydrogens (tertiary/aromatic N) is 2. The molecule has 6 heteroatoms. The highest BCUT2D eigenvalue weighted by molar-refractivity contribution is 5.77. The van der Waals surface area contributed by atoms with Crippen molar-refractivity contribution in [3.63, 3.8) is 0 Å². The monoisotopic (exact) mass is 424 g/mol. The molecule has 1 N–H and O–H groups in total. The molecule has 2 saturated heterocycles. The van der Waals surface area contributed by atoms with Gasteiger partial charge in [-0.05, 0) is 48.2 Å². The van der Waals surface area contributed by atoms with Crippen LogP contribution < -0.4 is 4.74 Å². The molecule has 0 aliphatic carbocycles. The molecule has 2 fully saturated rings. The van der Waals surface area contributed by atoms with Gasteiger partial charge in [-0.25, -0.2) is 0 Å². The summed E-state index contributed by atoms with van der Waals surface area (Å²) in [6.07, 6.45) is 2.02.